The zero-order chi connectivity index (χ0) is 15.8. The maximum absolute atomic E-state index is 11.0. The van der Waals surface area contributed by atoms with Crippen LogP contribution in [0.3, 0.4) is 0 Å². The predicted octanol–water partition coefficient (Wildman–Crippen LogP) is 3.28. The monoisotopic (exact) mass is 296 g/mol. The minimum absolute atomic E-state index is 0.125. The lowest BCUT2D eigenvalue weighted by atomic mass is 10.0. The number of carbonyl (C=O) groups is 1. The predicted molar refractivity (Wildman–Crippen MR) is 76.7 cm³/mol. The number of hydrogen-bond donors (Lipinski definition) is 1. The van der Waals surface area contributed by atoms with Gasteiger partial charge in [-0.3, -0.25) is 10.1 Å². The van der Waals surface area contributed by atoms with Crippen LogP contribution in [0.2, 0.25) is 0 Å². The molecule has 0 bridgehead atoms. The van der Waals surface area contributed by atoms with Crippen molar-refractivity contribution < 1.29 is 19.6 Å². The SMILES string of the molecule is CCCCC(CC)COc1ncc(C(=O)O)cc1[N+](=O)[O-]. The molecule has 7 nitrogen and oxygen atoms in total. The van der Waals surface area contributed by atoms with E-state index in [-0.39, 0.29) is 11.4 Å². The molecule has 0 spiro atoms. The summed E-state index contributed by atoms with van der Waals surface area (Å²) in [6.45, 7) is 4.49. The number of aromatic carboxylic acids is 1. The Morgan fingerprint density at radius 1 is 1.52 bits per heavy atom. The number of carboxylic acids is 1. The van der Waals surface area contributed by atoms with Gasteiger partial charge in [0.25, 0.3) is 5.88 Å². The molecule has 7 heteroatoms. The van der Waals surface area contributed by atoms with Crippen LogP contribution in [0.25, 0.3) is 0 Å². The first-order valence-corrected chi connectivity index (χ1v) is 7.00. The van der Waals surface area contributed by atoms with Crippen molar-refractivity contribution in [2.45, 2.75) is 39.5 Å². The van der Waals surface area contributed by atoms with Crippen molar-refractivity contribution >= 4 is 11.7 Å². The van der Waals surface area contributed by atoms with Gasteiger partial charge in [0.15, 0.2) is 0 Å². The molecule has 116 valence electrons. The summed E-state index contributed by atoms with van der Waals surface area (Å²) in [5.41, 5.74) is -0.646. The standard InChI is InChI=1S/C14H20N2O5/c1-3-5-6-10(4-2)9-21-13-12(16(19)20)7-11(8-15-13)14(17)18/h7-8,10H,3-6,9H2,1-2H3,(H,17,18). The van der Waals surface area contributed by atoms with E-state index in [0.29, 0.717) is 12.5 Å². The van der Waals surface area contributed by atoms with Crippen LogP contribution in [0.15, 0.2) is 12.3 Å². The fourth-order valence-electron chi connectivity index (χ4n) is 1.89. The van der Waals surface area contributed by atoms with Gasteiger partial charge in [0.1, 0.15) is 0 Å². The molecular formula is C14H20N2O5. The molecule has 1 rings (SSSR count). The molecule has 1 aromatic rings. The molecule has 0 aromatic carbocycles. The molecule has 0 saturated heterocycles. The van der Waals surface area contributed by atoms with E-state index >= 15 is 0 Å². The molecule has 21 heavy (non-hydrogen) atoms. The molecule has 0 saturated carbocycles. The molecule has 1 atom stereocenters. The number of hydrogen-bond acceptors (Lipinski definition) is 5. The summed E-state index contributed by atoms with van der Waals surface area (Å²) in [5, 5.41) is 19.8. The van der Waals surface area contributed by atoms with E-state index in [1.165, 1.54) is 0 Å². The minimum atomic E-state index is -1.26. The van der Waals surface area contributed by atoms with Gasteiger partial charge >= 0.3 is 11.7 Å². The van der Waals surface area contributed by atoms with E-state index in [2.05, 4.69) is 11.9 Å². The van der Waals surface area contributed by atoms with Crippen LogP contribution in [0, 0.1) is 16.0 Å². The highest BCUT2D eigenvalue weighted by molar-refractivity contribution is 5.88. The number of carboxylic acid groups (broad SMARTS) is 1. The number of pyridine rings is 1. The lowest BCUT2D eigenvalue weighted by molar-refractivity contribution is -0.386. The van der Waals surface area contributed by atoms with Crippen molar-refractivity contribution in [3.05, 3.63) is 27.9 Å². The molecular weight excluding hydrogens is 276 g/mol. The highest BCUT2D eigenvalue weighted by atomic mass is 16.6. The number of unbranched alkanes of at least 4 members (excludes halogenated alkanes) is 1. The van der Waals surface area contributed by atoms with Crippen LogP contribution in [-0.2, 0) is 0 Å². The normalized spacial score (nSPS) is 11.9. The maximum atomic E-state index is 11.0. The summed E-state index contributed by atoms with van der Waals surface area (Å²) in [5.74, 6) is -1.07. The van der Waals surface area contributed by atoms with Crippen molar-refractivity contribution in [2.75, 3.05) is 6.61 Å². The summed E-state index contributed by atoms with van der Waals surface area (Å²) >= 11 is 0. The number of nitro groups is 1. The summed E-state index contributed by atoms with van der Waals surface area (Å²) < 4.78 is 5.44. The van der Waals surface area contributed by atoms with E-state index in [4.69, 9.17) is 9.84 Å². The Hall–Kier alpha value is -2.18. The van der Waals surface area contributed by atoms with Gasteiger partial charge in [-0.1, -0.05) is 33.1 Å². The van der Waals surface area contributed by atoms with E-state index in [1.807, 2.05) is 6.92 Å². The smallest absolute Gasteiger partial charge is 0.337 e. The third kappa shape index (κ3) is 5.02. The van der Waals surface area contributed by atoms with Gasteiger partial charge in [-0.2, -0.15) is 0 Å². The Kier molecular flexibility index (Phi) is 6.58. The second-order valence-corrected chi connectivity index (χ2v) is 4.84. The zero-order valence-corrected chi connectivity index (χ0v) is 12.2. The van der Waals surface area contributed by atoms with Crippen LogP contribution >= 0.6 is 0 Å². The van der Waals surface area contributed by atoms with Crippen molar-refractivity contribution in [1.29, 1.82) is 0 Å². The Bertz CT molecular complexity index is 504. The third-order valence-electron chi connectivity index (χ3n) is 3.27. The second-order valence-electron chi connectivity index (χ2n) is 4.84. The maximum Gasteiger partial charge on any atom is 0.337 e. The molecule has 0 fully saturated rings. The number of ether oxygens (including phenoxy) is 1. The minimum Gasteiger partial charge on any atom is -0.478 e. The van der Waals surface area contributed by atoms with Crippen LogP contribution < -0.4 is 4.74 Å². The largest absolute Gasteiger partial charge is 0.478 e. The molecule has 0 aliphatic carbocycles. The molecule has 0 aliphatic heterocycles. The second kappa shape index (κ2) is 8.18. The number of aromatic nitrogens is 1. The summed E-state index contributed by atoms with van der Waals surface area (Å²) in [7, 11) is 0. The molecule has 1 unspecified atom stereocenters. The average Bonchev–Trinajstić information content (AvgIpc) is 2.47. The molecule has 1 aromatic heterocycles. The highest BCUT2D eigenvalue weighted by Crippen LogP contribution is 2.26. The summed E-state index contributed by atoms with van der Waals surface area (Å²) in [6.07, 6.45) is 5.14. The van der Waals surface area contributed by atoms with Crippen LogP contribution in [-0.4, -0.2) is 27.6 Å². The quantitative estimate of drug-likeness (QED) is 0.554. The molecule has 0 radical (unpaired) electrons. The first kappa shape index (κ1) is 16.9. The lowest BCUT2D eigenvalue weighted by Crippen LogP contribution is -2.13. The van der Waals surface area contributed by atoms with Crippen LogP contribution in [0.5, 0.6) is 5.88 Å². The van der Waals surface area contributed by atoms with Crippen molar-refractivity contribution in [3.63, 3.8) is 0 Å². The highest BCUT2D eigenvalue weighted by Gasteiger charge is 2.21. The van der Waals surface area contributed by atoms with E-state index in [0.717, 1.165) is 37.9 Å². The molecule has 0 aliphatic rings. The first-order chi connectivity index (χ1) is 9.99. The molecule has 0 amide bonds. The molecule has 1 N–H and O–H groups in total. The average molecular weight is 296 g/mol. The van der Waals surface area contributed by atoms with Gasteiger partial charge in [-0.05, 0) is 12.3 Å². The Balaban J connectivity index is 2.82. The van der Waals surface area contributed by atoms with Gasteiger partial charge in [0.05, 0.1) is 17.1 Å². The van der Waals surface area contributed by atoms with Crippen molar-refractivity contribution in [3.8, 4) is 5.88 Å². The zero-order valence-electron chi connectivity index (χ0n) is 12.2. The number of nitrogens with zero attached hydrogens (tertiary/aromatic N) is 2. The number of rotatable bonds is 9. The lowest BCUT2D eigenvalue weighted by Gasteiger charge is -2.14. The van der Waals surface area contributed by atoms with Gasteiger partial charge in [0.2, 0.25) is 0 Å². The van der Waals surface area contributed by atoms with Crippen molar-refractivity contribution in [2.24, 2.45) is 5.92 Å². The topological polar surface area (TPSA) is 103 Å². The van der Waals surface area contributed by atoms with E-state index in [9.17, 15) is 14.9 Å². The third-order valence-corrected chi connectivity index (χ3v) is 3.27. The summed E-state index contributed by atoms with van der Waals surface area (Å²) in [4.78, 5) is 24.9. The van der Waals surface area contributed by atoms with E-state index < -0.39 is 16.6 Å². The Morgan fingerprint density at radius 3 is 2.76 bits per heavy atom. The van der Waals surface area contributed by atoms with Crippen molar-refractivity contribution in [1.82, 2.24) is 4.98 Å². The fourth-order valence-corrected chi connectivity index (χ4v) is 1.89. The van der Waals surface area contributed by atoms with Crippen LogP contribution in [0.4, 0.5) is 5.69 Å². The summed E-state index contributed by atoms with van der Waals surface area (Å²) in [6, 6.07) is 0.970. The fraction of sp³-hybridized carbons (Fsp3) is 0.571. The van der Waals surface area contributed by atoms with Gasteiger partial charge in [-0.15, -0.1) is 0 Å². The van der Waals surface area contributed by atoms with Gasteiger partial charge in [0, 0.05) is 12.3 Å². The Labute approximate surface area is 123 Å². The molecule has 1 heterocycles. The Morgan fingerprint density at radius 2 is 2.24 bits per heavy atom. The van der Waals surface area contributed by atoms with Gasteiger partial charge in [-0.25, -0.2) is 9.78 Å². The van der Waals surface area contributed by atoms with Gasteiger partial charge < -0.3 is 9.84 Å². The first-order valence-electron chi connectivity index (χ1n) is 7.00. The van der Waals surface area contributed by atoms with Crippen LogP contribution in [0.1, 0.15) is 49.9 Å². The van der Waals surface area contributed by atoms with E-state index in [1.54, 1.807) is 0 Å².